The Morgan fingerprint density at radius 1 is 1.20 bits per heavy atom. The van der Waals surface area contributed by atoms with Crippen LogP contribution in [0.4, 0.5) is 5.69 Å². The monoisotopic (exact) mass is 371 g/mol. The Bertz CT molecular complexity index is 814. The van der Waals surface area contributed by atoms with Crippen LogP contribution in [0.25, 0.3) is 10.2 Å². The number of hydrogen-bond acceptors (Lipinski definition) is 6. The summed E-state index contributed by atoms with van der Waals surface area (Å²) in [7, 11) is 4.10. The van der Waals surface area contributed by atoms with Crippen LogP contribution in [0.15, 0.2) is 52.9 Å². The molecule has 1 aliphatic heterocycles. The summed E-state index contributed by atoms with van der Waals surface area (Å²) in [5.41, 5.74) is 3.46. The van der Waals surface area contributed by atoms with Crippen molar-refractivity contribution in [3.63, 3.8) is 0 Å². The maximum atomic E-state index is 6.17. The molecule has 1 N–H and O–H groups in total. The number of anilines is 1. The van der Waals surface area contributed by atoms with Gasteiger partial charge in [0, 0.05) is 32.1 Å². The Hall–Kier alpha value is -1.60. The molecule has 2 heterocycles. The minimum atomic E-state index is -0.0165. The number of fused-ring (bicyclic) bond motifs is 1. The van der Waals surface area contributed by atoms with Crippen molar-refractivity contribution in [2.75, 3.05) is 31.3 Å². The van der Waals surface area contributed by atoms with E-state index in [1.54, 1.807) is 23.1 Å². The quantitative estimate of drug-likeness (QED) is 0.682. The minimum absolute atomic E-state index is 0.0165. The first-order chi connectivity index (χ1) is 12.2. The van der Waals surface area contributed by atoms with E-state index in [1.165, 1.54) is 16.0 Å². The van der Waals surface area contributed by atoms with E-state index in [0.717, 1.165) is 22.2 Å². The molecule has 3 aromatic rings. The third-order valence-electron chi connectivity index (χ3n) is 4.24. The van der Waals surface area contributed by atoms with Crippen molar-refractivity contribution in [3.8, 4) is 0 Å². The number of aromatic nitrogens is 1. The van der Waals surface area contributed by atoms with Crippen molar-refractivity contribution in [2.45, 2.75) is 16.7 Å². The molecule has 6 heteroatoms. The third kappa shape index (κ3) is 3.82. The number of rotatable bonds is 5. The predicted molar refractivity (Wildman–Crippen MR) is 107 cm³/mol. The summed E-state index contributed by atoms with van der Waals surface area (Å²) in [6.45, 7) is 0.873. The first kappa shape index (κ1) is 16.8. The van der Waals surface area contributed by atoms with Gasteiger partial charge in [-0.1, -0.05) is 36.0 Å². The molecule has 0 bridgehead atoms. The van der Waals surface area contributed by atoms with Crippen LogP contribution in [0.5, 0.6) is 0 Å². The van der Waals surface area contributed by atoms with Gasteiger partial charge in [0.2, 0.25) is 0 Å². The SMILES string of the molecule is CN(C)c1ccc([C@H]2NC[C@@H](CSc3nc4ccccc4s3)O2)cc1. The van der Waals surface area contributed by atoms with E-state index in [9.17, 15) is 0 Å². The zero-order chi connectivity index (χ0) is 17.2. The van der Waals surface area contributed by atoms with Gasteiger partial charge in [-0.15, -0.1) is 11.3 Å². The molecule has 0 saturated carbocycles. The summed E-state index contributed by atoms with van der Waals surface area (Å²) in [4.78, 5) is 6.78. The highest BCUT2D eigenvalue weighted by atomic mass is 32.2. The highest BCUT2D eigenvalue weighted by Crippen LogP contribution is 2.32. The number of nitrogens with one attached hydrogen (secondary N) is 1. The largest absolute Gasteiger partial charge is 0.378 e. The van der Waals surface area contributed by atoms with Gasteiger partial charge < -0.3 is 9.64 Å². The van der Waals surface area contributed by atoms with E-state index in [1.807, 2.05) is 6.07 Å². The van der Waals surface area contributed by atoms with E-state index < -0.39 is 0 Å². The molecule has 1 aliphatic rings. The summed E-state index contributed by atoms with van der Waals surface area (Å²) in [6.07, 6.45) is 0.188. The van der Waals surface area contributed by atoms with Gasteiger partial charge >= 0.3 is 0 Å². The van der Waals surface area contributed by atoms with E-state index in [0.29, 0.717) is 0 Å². The smallest absolute Gasteiger partial charge is 0.151 e. The normalized spacial score (nSPS) is 20.2. The lowest BCUT2D eigenvalue weighted by Gasteiger charge is -2.16. The molecule has 2 aromatic carbocycles. The van der Waals surface area contributed by atoms with Gasteiger partial charge in [0.05, 0.1) is 16.3 Å². The Morgan fingerprint density at radius 2 is 2.00 bits per heavy atom. The third-order valence-corrected chi connectivity index (χ3v) is 6.55. The predicted octanol–water partition coefficient (Wildman–Crippen LogP) is 4.14. The second-order valence-electron chi connectivity index (χ2n) is 6.29. The molecule has 130 valence electrons. The summed E-state index contributed by atoms with van der Waals surface area (Å²) < 4.78 is 8.53. The average Bonchev–Trinajstić information content (AvgIpc) is 3.26. The maximum absolute atomic E-state index is 6.17. The summed E-state index contributed by atoms with van der Waals surface area (Å²) >= 11 is 3.54. The lowest BCUT2D eigenvalue weighted by atomic mass is 10.2. The van der Waals surface area contributed by atoms with Crippen molar-refractivity contribution in [1.29, 1.82) is 0 Å². The highest BCUT2D eigenvalue weighted by Gasteiger charge is 2.26. The van der Waals surface area contributed by atoms with E-state index in [4.69, 9.17) is 4.74 Å². The van der Waals surface area contributed by atoms with Crippen LogP contribution in [0, 0.1) is 0 Å². The first-order valence-electron chi connectivity index (χ1n) is 8.33. The van der Waals surface area contributed by atoms with Crippen LogP contribution in [0.3, 0.4) is 0 Å². The lowest BCUT2D eigenvalue weighted by Crippen LogP contribution is -2.16. The molecule has 0 amide bonds. The van der Waals surface area contributed by atoms with Crippen LogP contribution in [0.1, 0.15) is 11.8 Å². The van der Waals surface area contributed by atoms with Crippen LogP contribution < -0.4 is 10.2 Å². The molecule has 1 saturated heterocycles. The van der Waals surface area contributed by atoms with Gasteiger partial charge in [0.15, 0.2) is 4.34 Å². The van der Waals surface area contributed by atoms with Crippen molar-refractivity contribution in [2.24, 2.45) is 0 Å². The number of hydrogen-bond donors (Lipinski definition) is 1. The topological polar surface area (TPSA) is 37.4 Å². The number of thiazole rings is 1. The number of thioether (sulfide) groups is 1. The van der Waals surface area contributed by atoms with Crippen LogP contribution in [-0.2, 0) is 4.74 Å². The van der Waals surface area contributed by atoms with E-state index in [2.05, 4.69) is 71.8 Å². The maximum Gasteiger partial charge on any atom is 0.151 e. The van der Waals surface area contributed by atoms with Gasteiger partial charge in [0.25, 0.3) is 0 Å². The van der Waals surface area contributed by atoms with Gasteiger partial charge in [-0.3, -0.25) is 5.32 Å². The molecule has 25 heavy (non-hydrogen) atoms. The molecule has 1 aromatic heterocycles. The fourth-order valence-corrected chi connectivity index (χ4v) is 4.94. The summed E-state index contributed by atoms with van der Waals surface area (Å²) in [5, 5.41) is 3.47. The first-order valence-corrected chi connectivity index (χ1v) is 10.1. The second kappa shape index (κ2) is 7.33. The Balaban J connectivity index is 1.34. The van der Waals surface area contributed by atoms with Crippen molar-refractivity contribution >= 4 is 39.0 Å². The molecule has 1 fully saturated rings. The number of benzene rings is 2. The molecule has 0 radical (unpaired) electrons. The van der Waals surface area contributed by atoms with E-state index >= 15 is 0 Å². The molecule has 0 spiro atoms. The fourth-order valence-electron chi connectivity index (χ4n) is 2.85. The zero-order valence-electron chi connectivity index (χ0n) is 14.3. The van der Waals surface area contributed by atoms with Gasteiger partial charge in [-0.25, -0.2) is 4.98 Å². The van der Waals surface area contributed by atoms with Crippen LogP contribution in [-0.4, -0.2) is 37.5 Å². The lowest BCUT2D eigenvalue weighted by molar-refractivity contribution is 0.0535. The fraction of sp³-hybridized carbons (Fsp3) is 0.316. The minimum Gasteiger partial charge on any atom is -0.378 e. The highest BCUT2D eigenvalue weighted by molar-refractivity contribution is 8.01. The van der Waals surface area contributed by atoms with Crippen molar-refractivity contribution in [3.05, 3.63) is 54.1 Å². The molecular weight excluding hydrogens is 350 g/mol. The second-order valence-corrected chi connectivity index (χ2v) is 8.59. The number of nitrogens with zero attached hydrogens (tertiary/aromatic N) is 2. The molecule has 2 atom stereocenters. The standard InChI is InChI=1S/C19H21N3OS2/c1-22(2)14-9-7-13(8-10-14)18-20-11-15(23-18)12-24-19-21-16-5-3-4-6-17(16)25-19/h3-10,15,18,20H,11-12H2,1-2H3/t15-,18-/m0/s1. The molecule has 0 aliphatic carbocycles. The molecular formula is C19H21N3OS2. The average molecular weight is 372 g/mol. The molecule has 0 unspecified atom stereocenters. The van der Waals surface area contributed by atoms with Gasteiger partial charge in [-0.2, -0.15) is 0 Å². The Labute approximate surface area is 156 Å². The van der Waals surface area contributed by atoms with Gasteiger partial charge in [-0.05, 0) is 29.8 Å². The number of para-hydroxylation sites is 1. The summed E-state index contributed by atoms with van der Waals surface area (Å²) in [6, 6.07) is 16.8. The Morgan fingerprint density at radius 3 is 2.76 bits per heavy atom. The molecule has 4 nitrogen and oxygen atoms in total. The van der Waals surface area contributed by atoms with Crippen molar-refractivity contribution in [1.82, 2.24) is 10.3 Å². The Kier molecular flexibility index (Phi) is 4.94. The number of ether oxygens (including phenoxy) is 1. The van der Waals surface area contributed by atoms with Crippen molar-refractivity contribution < 1.29 is 4.74 Å². The van der Waals surface area contributed by atoms with Crippen LogP contribution in [0.2, 0.25) is 0 Å². The van der Waals surface area contributed by atoms with E-state index in [-0.39, 0.29) is 12.3 Å². The zero-order valence-corrected chi connectivity index (χ0v) is 15.9. The van der Waals surface area contributed by atoms with Gasteiger partial charge in [0.1, 0.15) is 6.23 Å². The van der Waals surface area contributed by atoms with Crippen LogP contribution >= 0.6 is 23.1 Å². The molecule has 4 rings (SSSR count). The summed E-state index contributed by atoms with van der Waals surface area (Å²) in [5.74, 6) is 0.916.